The van der Waals surface area contributed by atoms with Crippen LogP contribution in [0.3, 0.4) is 0 Å². The van der Waals surface area contributed by atoms with Crippen LogP contribution < -0.4 is 10.6 Å². The molecule has 6 atom stereocenters. The molecule has 2 aliphatic heterocycles. The van der Waals surface area contributed by atoms with Crippen LogP contribution in [-0.2, 0) is 4.79 Å². The molecule has 192 valence electrons. The van der Waals surface area contributed by atoms with Gasteiger partial charge in [-0.1, -0.05) is 48.5 Å². The van der Waals surface area contributed by atoms with Gasteiger partial charge in [0.05, 0.1) is 0 Å². The molecule has 4 aromatic rings. The predicted molar refractivity (Wildman–Crippen MR) is 132 cm³/mol. The first-order chi connectivity index (χ1) is 18.4. The normalized spacial score (nSPS) is 26.8. The van der Waals surface area contributed by atoms with E-state index in [4.69, 9.17) is 0 Å². The molecular formula is C31H26F4N2O+2. The van der Waals surface area contributed by atoms with Crippen LogP contribution in [0.2, 0.25) is 0 Å². The molecule has 2 unspecified atom stereocenters. The fourth-order valence-corrected chi connectivity index (χ4v) is 6.32. The molecule has 6 rings (SSSR count). The van der Waals surface area contributed by atoms with Crippen molar-refractivity contribution in [2.45, 2.75) is 24.2 Å². The molecule has 0 amide bonds. The van der Waals surface area contributed by atoms with Gasteiger partial charge in [0.25, 0.3) is 0 Å². The van der Waals surface area contributed by atoms with E-state index < -0.39 is 11.8 Å². The van der Waals surface area contributed by atoms with Gasteiger partial charge in [-0.25, -0.2) is 17.6 Å². The van der Waals surface area contributed by atoms with E-state index in [1.165, 1.54) is 48.5 Å². The Hall–Kier alpha value is -3.81. The third-order valence-corrected chi connectivity index (χ3v) is 8.05. The summed E-state index contributed by atoms with van der Waals surface area (Å²) in [7, 11) is 0. The summed E-state index contributed by atoms with van der Waals surface area (Å²) in [6.07, 6.45) is 0. The van der Waals surface area contributed by atoms with Crippen molar-refractivity contribution >= 4 is 5.78 Å². The van der Waals surface area contributed by atoms with Crippen LogP contribution in [0, 0.1) is 35.1 Å². The van der Waals surface area contributed by atoms with E-state index in [0.29, 0.717) is 0 Å². The molecule has 0 aliphatic carbocycles. The second-order valence-electron chi connectivity index (χ2n) is 10.1. The molecule has 0 radical (unpaired) electrons. The summed E-state index contributed by atoms with van der Waals surface area (Å²) in [5.74, 6) is -2.44. The van der Waals surface area contributed by atoms with Crippen molar-refractivity contribution in [3.63, 3.8) is 0 Å². The SMILES string of the molecule is O=C1C2[C@@H](c3ccc(F)cc3)[NH2+][C@H](c3ccc(F)cc3)C1[C@H](c1ccc(F)cc1)[NH2+][C@H]2c1ccc(F)cc1. The van der Waals surface area contributed by atoms with Gasteiger partial charge in [0.2, 0.25) is 0 Å². The zero-order chi connectivity index (χ0) is 26.4. The number of carbonyl (C=O) groups is 1. The van der Waals surface area contributed by atoms with Crippen LogP contribution in [0.1, 0.15) is 46.4 Å². The van der Waals surface area contributed by atoms with E-state index in [-0.39, 0.29) is 53.2 Å². The van der Waals surface area contributed by atoms with Gasteiger partial charge in [0, 0.05) is 22.3 Å². The van der Waals surface area contributed by atoms with Crippen LogP contribution in [0.25, 0.3) is 0 Å². The Morgan fingerprint density at radius 2 is 0.605 bits per heavy atom. The molecule has 2 aliphatic rings. The number of rotatable bonds is 4. The lowest BCUT2D eigenvalue weighted by molar-refractivity contribution is -0.815. The van der Waals surface area contributed by atoms with Crippen molar-refractivity contribution < 1.29 is 33.0 Å². The Morgan fingerprint density at radius 3 is 0.816 bits per heavy atom. The number of ketones is 1. The summed E-state index contributed by atoms with van der Waals surface area (Å²) < 4.78 is 55.3. The van der Waals surface area contributed by atoms with Gasteiger partial charge in [0.15, 0.2) is 5.78 Å². The second kappa shape index (κ2) is 9.82. The van der Waals surface area contributed by atoms with Gasteiger partial charge in [-0.2, -0.15) is 0 Å². The Bertz CT molecular complexity index is 1230. The Morgan fingerprint density at radius 1 is 0.395 bits per heavy atom. The molecular weight excluding hydrogens is 492 g/mol. The maximum atomic E-state index is 14.5. The van der Waals surface area contributed by atoms with Gasteiger partial charge in [-0.05, 0) is 48.5 Å². The molecule has 3 nitrogen and oxygen atoms in total. The van der Waals surface area contributed by atoms with Crippen molar-refractivity contribution in [3.8, 4) is 0 Å². The molecule has 2 heterocycles. The monoisotopic (exact) mass is 518 g/mol. The molecule has 4 N–H and O–H groups in total. The number of piperidine rings is 2. The van der Waals surface area contributed by atoms with E-state index in [0.717, 1.165) is 22.3 Å². The van der Waals surface area contributed by atoms with Crippen molar-refractivity contribution in [2.75, 3.05) is 0 Å². The van der Waals surface area contributed by atoms with E-state index in [9.17, 15) is 22.4 Å². The summed E-state index contributed by atoms with van der Waals surface area (Å²) >= 11 is 0. The van der Waals surface area contributed by atoms with Crippen molar-refractivity contribution in [3.05, 3.63) is 143 Å². The molecule has 0 saturated carbocycles. The standard InChI is InChI=1S/C31H24F4N2O/c32-21-9-1-17(2-10-21)27-25-28(18-3-11-22(33)12-4-18)37-30(20-7-15-24(35)16-8-20)26(31(25)38)29(36-27)19-5-13-23(34)14-6-19/h1-16,25-30,36-37H/p+2/t25?,26?,27-,28+,29-,30+. The van der Waals surface area contributed by atoms with Crippen LogP contribution >= 0.6 is 0 Å². The fourth-order valence-electron chi connectivity index (χ4n) is 6.32. The number of hydrogen-bond acceptors (Lipinski definition) is 1. The second-order valence-corrected chi connectivity index (χ2v) is 10.1. The number of hydrogen-bond donors (Lipinski definition) is 2. The van der Waals surface area contributed by atoms with Crippen molar-refractivity contribution in [1.82, 2.24) is 0 Å². The largest absolute Gasteiger partial charge is 0.332 e. The minimum Gasteiger partial charge on any atom is -0.332 e. The summed E-state index contributed by atoms with van der Waals surface area (Å²) in [5, 5.41) is 4.24. The fraction of sp³-hybridized carbons (Fsp3) is 0.194. The smallest absolute Gasteiger partial charge is 0.164 e. The highest BCUT2D eigenvalue weighted by molar-refractivity contribution is 5.87. The molecule has 2 bridgehead atoms. The van der Waals surface area contributed by atoms with Gasteiger partial charge in [-0.15, -0.1) is 0 Å². The van der Waals surface area contributed by atoms with Crippen molar-refractivity contribution in [2.24, 2.45) is 11.8 Å². The zero-order valence-electron chi connectivity index (χ0n) is 20.3. The van der Waals surface area contributed by atoms with E-state index in [2.05, 4.69) is 10.6 Å². The lowest BCUT2D eigenvalue weighted by Crippen LogP contribution is -3.02. The Kier molecular flexibility index (Phi) is 6.33. The van der Waals surface area contributed by atoms with Crippen LogP contribution in [0.15, 0.2) is 97.1 Å². The maximum absolute atomic E-state index is 14.5. The average Bonchev–Trinajstić information content (AvgIpc) is 2.91. The van der Waals surface area contributed by atoms with Crippen molar-refractivity contribution in [1.29, 1.82) is 0 Å². The minimum absolute atomic E-state index is 0.0299. The molecule has 4 aromatic carbocycles. The highest BCUT2D eigenvalue weighted by Gasteiger charge is 2.60. The Balaban J connectivity index is 1.51. The van der Waals surface area contributed by atoms with Crippen LogP contribution in [0.5, 0.6) is 0 Å². The molecule has 2 saturated heterocycles. The topological polar surface area (TPSA) is 50.3 Å². The van der Waals surface area contributed by atoms with Crippen LogP contribution in [0.4, 0.5) is 17.6 Å². The number of nitrogens with two attached hydrogens (primary N) is 2. The van der Waals surface area contributed by atoms with E-state index >= 15 is 0 Å². The van der Waals surface area contributed by atoms with Gasteiger partial charge in [0.1, 0.15) is 59.3 Å². The number of quaternary nitrogens is 2. The first kappa shape index (κ1) is 24.5. The quantitative estimate of drug-likeness (QED) is 0.385. The first-order valence-electron chi connectivity index (χ1n) is 12.6. The summed E-state index contributed by atoms with van der Waals surface area (Å²) in [6.45, 7) is 0. The molecule has 38 heavy (non-hydrogen) atoms. The third-order valence-electron chi connectivity index (χ3n) is 8.05. The lowest BCUT2D eigenvalue weighted by atomic mass is 9.64. The lowest BCUT2D eigenvalue weighted by Gasteiger charge is -2.47. The molecule has 0 spiro atoms. The molecule has 7 heteroatoms. The van der Waals surface area contributed by atoms with Gasteiger partial charge in [-0.3, -0.25) is 4.79 Å². The Labute approximate surface area is 217 Å². The molecule has 2 fully saturated rings. The average molecular weight is 519 g/mol. The predicted octanol–water partition coefficient (Wildman–Crippen LogP) is 4.46. The first-order valence-corrected chi connectivity index (χ1v) is 12.6. The highest BCUT2D eigenvalue weighted by atomic mass is 19.1. The van der Waals surface area contributed by atoms with E-state index in [1.807, 2.05) is 0 Å². The summed E-state index contributed by atoms with van der Waals surface area (Å²) in [4.78, 5) is 14.5. The summed E-state index contributed by atoms with van der Waals surface area (Å²) in [5.41, 5.74) is 3.21. The zero-order valence-corrected chi connectivity index (χ0v) is 20.3. The van der Waals surface area contributed by atoms with Crippen LogP contribution in [-0.4, -0.2) is 5.78 Å². The third kappa shape index (κ3) is 4.42. The van der Waals surface area contributed by atoms with Gasteiger partial charge < -0.3 is 10.6 Å². The maximum Gasteiger partial charge on any atom is 0.164 e. The number of halogens is 4. The number of carbonyl (C=O) groups excluding carboxylic acids is 1. The number of Topliss-reactive ketones (excluding diaryl/α,β-unsaturated/α-hetero) is 1. The minimum atomic E-state index is -0.496. The molecule has 0 aromatic heterocycles. The van der Waals surface area contributed by atoms with Gasteiger partial charge >= 0.3 is 0 Å². The number of fused-ring (bicyclic) bond motifs is 2. The van der Waals surface area contributed by atoms with E-state index in [1.54, 1.807) is 48.5 Å². The number of benzene rings is 4. The highest BCUT2D eigenvalue weighted by Crippen LogP contribution is 2.45. The summed E-state index contributed by atoms with van der Waals surface area (Å²) in [6, 6.07) is 23.2.